The molecule has 0 spiro atoms. The average Bonchev–Trinajstić information content (AvgIpc) is 2.71. The number of carbonyl (C=O) groups excluding carboxylic acids is 2. The third-order valence-corrected chi connectivity index (χ3v) is 5.33. The Balaban J connectivity index is 1.99. The molecule has 2 aromatic rings. The molecule has 0 bridgehead atoms. The van der Waals surface area contributed by atoms with E-state index in [1.54, 1.807) is 6.92 Å². The van der Waals surface area contributed by atoms with Crippen molar-refractivity contribution in [2.24, 2.45) is 10.8 Å². The molecule has 0 aliphatic heterocycles. The molecule has 0 amide bonds. The highest BCUT2D eigenvalue weighted by atomic mass is 19.1. The molecule has 5 heteroatoms. The predicted molar refractivity (Wildman–Crippen MR) is 116 cm³/mol. The van der Waals surface area contributed by atoms with Crippen molar-refractivity contribution in [1.29, 1.82) is 0 Å². The molecule has 0 aliphatic rings. The minimum atomic E-state index is -1.20. The third kappa shape index (κ3) is 6.05. The second kappa shape index (κ2) is 9.61. The highest BCUT2D eigenvalue weighted by molar-refractivity contribution is 6.00. The highest BCUT2D eigenvalue weighted by Crippen LogP contribution is 2.28. The van der Waals surface area contributed by atoms with Gasteiger partial charge in [-0.15, -0.1) is 0 Å². The molecule has 3 nitrogen and oxygen atoms in total. The number of benzene rings is 2. The van der Waals surface area contributed by atoms with E-state index < -0.39 is 23.3 Å². The number of hydrogen-bond acceptors (Lipinski definition) is 3. The molecular formula is C25H31F2NO2. The SMILES string of the molecule is CN(CCC(C)(CF)C(=O)c1cccc(F)c1)Cc1ccc(C(=O)C(C)(C)C)cc1. The van der Waals surface area contributed by atoms with Crippen LogP contribution in [0.4, 0.5) is 8.78 Å². The first kappa shape index (κ1) is 23.9. The molecule has 0 fully saturated rings. The van der Waals surface area contributed by atoms with Gasteiger partial charge in [0.25, 0.3) is 0 Å². The van der Waals surface area contributed by atoms with Crippen molar-refractivity contribution in [2.75, 3.05) is 20.3 Å². The van der Waals surface area contributed by atoms with Gasteiger partial charge in [-0.1, -0.05) is 57.2 Å². The van der Waals surface area contributed by atoms with Gasteiger partial charge in [0.15, 0.2) is 11.6 Å². The number of alkyl halides is 1. The number of hydrogen-bond donors (Lipinski definition) is 0. The highest BCUT2D eigenvalue weighted by Gasteiger charge is 2.34. The van der Waals surface area contributed by atoms with Gasteiger partial charge in [-0.3, -0.25) is 14.0 Å². The fourth-order valence-corrected chi connectivity index (χ4v) is 3.24. The summed E-state index contributed by atoms with van der Waals surface area (Å²) in [7, 11) is 1.90. The van der Waals surface area contributed by atoms with Gasteiger partial charge in [0.05, 0.1) is 5.41 Å². The number of ketones is 2. The van der Waals surface area contributed by atoms with Crippen LogP contribution in [0.2, 0.25) is 0 Å². The van der Waals surface area contributed by atoms with E-state index in [0.717, 1.165) is 11.6 Å². The summed E-state index contributed by atoms with van der Waals surface area (Å²) >= 11 is 0. The van der Waals surface area contributed by atoms with Gasteiger partial charge in [-0.05, 0) is 44.6 Å². The predicted octanol–water partition coefficient (Wildman–Crippen LogP) is 5.74. The van der Waals surface area contributed by atoms with Crippen LogP contribution in [0.1, 0.15) is 60.4 Å². The monoisotopic (exact) mass is 415 g/mol. The van der Waals surface area contributed by atoms with Gasteiger partial charge < -0.3 is 4.90 Å². The first-order valence-electron chi connectivity index (χ1n) is 10.1. The van der Waals surface area contributed by atoms with Crippen molar-refractivity contribution in [3.05, 3.63) is 71.0 Å². The molecule has 0 aliphatic carbocycles. The van der Waals surface area contributed by atoms with Crippen LogP contribution in [0.3, 0.4) is 0 Å². The molecule has 0 N–H and O–H groups in total. The van der Waals surface area contributed by atoms with Crippen molar-refractivity contribution in [2.45, 2.75) is 40.7 Å². The molecule has 1 atom stereocenters. The molecule has 0 saturated carbocycles. The molecule has 30 heavy (non-hydrogen) atoms. The Morgan fingerprint density at radius 2 is 1.57 bits per heavy atom. The van der Waals surface area contributed by atoms with Crippen LogP contribution in [-0.2, 0) is 6.54 Å². The lowest BCUT2D eigenvalue weighted by Gasteiger charge is -2.28. The summed E-state index contributed by atoms with van der Waals surface area (Å²) in [5.41, 5.74) is 0.270. The maximum absolute atomic E-state index is 13.8. The molecule has 2 aromatic carbocycles. The van der Waals surface area contributed by atoms with E-state index in [-0.39, 0.29) is 17.1 Å². The third-order valence-electron chi connectivity index (χ3n) is 5.33. The summed E-state index contributed by atoms with van der Waals surface area (Å²) in [6.07, 6.45) is 0.315. The largest absolute Gasteiger partial charge is 0.302 e. The van der Waals surface area contributed by atoms with E-state index >= 15 is 0 Å². The number of rotatable bonds is 9. The van der Waals surface area contributed by atoms with Crippen molar-refractivity contribution < 1.29 is 18.4 Å². The molecule has 0 radical (unpaired) electrons. The average molecular weight is 416 g/mol. The minimum absolute atomic E-state index is 0.0944. The Bertz CT molecular complexity index is 887. The van der Waals surface area contributed by atoms with Gasteiger partial charge in [-0.25, -0.2) is 4.39 Å². The Morgan fingerprint density at radius 3 is 2.10 bits per heavy atom. The number of carbonyl (C=O) groups is 2. The first-order chi connectivity index (χ1) is 14.0. The Labute approximate surface area is 178 Å². The summed E-state index contributed by atoms with van der Waals surface area (Å²) in [5, 5.41) is 0. The quantitative estimate of drug-likeness (QED) is 0.491. The Kier molecular flexibility index (Phi) is 7.64. The lowest BCUT2D eigenvalue weighted by Crippen LogP contribution is -2.34. The second-order valence-electron chi connectivity index (χ2n) is 9.30. The standard InChI is InChI=1S/C25H31F2NO2/c1-24(2,3)22(29)19-11-9-18(10-12-19)16-28(5)14-13-25(4,17-26)23(30)20-7-6-8-21(27)15-20/h6-12,15H,13-14,16-17H2,1-5H3. The summed E-state index contributed by atoms with van der Waals surface area (Å²) < 4.78 is 27.3. The van der Waals surface area contributed by atoms with Crippen LogP contribution in [-0.4, -0.2) is 36.7 Å². The van der Waals surface area contributed by atoms with Crippen molar-refractivity contribution in [3.8, 4) is 0 Å². The molecule has 0 aromatic heterocycles. The molecule has 2 rings (SSSR count). The number of nitrogens with zero attached hydrogens (tertiary/aromatic N) is 1. The first-order valence-corrected chi connectivity index (χ1v) is 10.1. The molecular weight excluding hydrogens is 384 g/mol. The van der Waals surface area contributed by atoms with E-state index in [4.69, 9.17) is 0 Å². The van der Waals surface area contributed by atoms with Gasteiger partial charge in [0.1, 0.15) is 12.5 Å². The maximum atomic E-state index is 13.8. The van der Waals surface area contributed by atoms with E-state index in [9.17, 15) is 18.4 Å². The summed E-state index contributed by atoms with van der Waals surface area (Å²) in [6, 6.07) is 12.9. The van der Waals surface area contributed by atoms with Gasteiger partial charge >= 0.3 is 0 Å². The number of halogens is 2. The minimum Gasteiger partial charge on any atom is -0.302 e. The van der Waals surface area contributed by atoms with Gasteiger partial charge in [-0.2, -0.15) is 0 Å². The van der Waals surface area contributed by atoms with Crippen molar-refractivity contribution in [1.82, 2.24) is 4.90 Å². The van der Waals surface area contributed by atoms with Crippen LogP contribution < -0.4 is 0 Å². The summed E-state index contributed by atoms with van der Waals surface area (Å²) in [5.74, 6) is -0.799. The van der Waals surface area contributed by atoms with Crippen LogP contribution in [0.25, 0.3) is 0 Å². The zero-order valence-electron chi connectivity index (χ0n) is 18.5. The smallest absolute Gasteiger partial charge is 0.171 e. The Morgan fingerprint density at radius 1 is 0.933 bits per heavy atom. The van der Waals surface area contributed by atoms with Crippen LogP contribution >= 0.6 is 0 Å². The molecule has 1 unspecified atom stereocenters. The maximum Gasteiger partial charge on any atom is 0.171 e. The van der Waals surface area contributed by atoms with E-state index in [1.165, 1.54) is 18.2 Å². The second-order valence-corrected chi connectivity index (χ2v) is 9.30. The van der Waals surface area contributed by atoms with Crippen LogP contribution in [0.15, 0.2) is 48.5 Å². The number of Topliss-reactive ketones (excluding diaryl/α,β-unsaturated/α-hetero) is 2. The fourth-order valence-electron chi connectivity index (χ4n) is 3.24. The topological polar surface area (TPSA) is 37.4 Å². The van der Waals surface area contributed by atoms with Crippen LogP contribution in [0, 0.1) is 16.6 Å². The summed E-state index contributed by atoms with van der Waals surface area (Å²) in [4.78, 5) is 27.1. The van der Waals surface area contributed by atoms with Crippen molar-refractivity contribution in [3.63, 3.8) is 0 Å². The lowest BCUT2D eigenvalue weighted by molar-refractivity contribution is 0.0732. The molecule has 0 saturated heterocycles. The zero-order chi connectivity index (χ0) is 22.5. The Hall–Kier alpha value is -2.40. The van der Waals surface area contributed by atoms with E-state index in [0.29, 0.717) is 25.1 Å². The van der Waals surface area contributed by atoms with E-state index in [1.807, 2.05) is 57.0 Å². The van der Waals surface area contributed by atoms with Crippen LogP contribution in [0.5, 0.6) is 0 Å². The van der Waals surface area contributed by atoms with E-state index in [2.05, 4.69) is 0 Å². The van der Waals surface area contributed by atoms with Crippen molar-refractivity contribution >= 4 is 11.6 Å². The molecule has 162 valence electrons. The molecule has 0 heterocycles. The fraction of sp³-hybridized carbons (Fsp3) is 0.440. The lowest BCUT2D eigenvalue weighted by atomic mass is 9.80. The normalized spacial score (nSPS) is 13.9. The van der Waals surface area contributed by atoms with Gasteiger partial charge in [0, 0.05) is 23.1 Å². The summed E-state index contributed by atoms with van der Waals surface area (Å²) in [6.45, 7) is 7.57. The van der Waals surface area contributed by atoms with Gasteiger partial charge in [0.2, 0.25) is 0 Å². The zero-order valence-corrected chi connectivity index (χ0v) is 18.5.